The van der Waals surface area contributed by atoms with E-state index in [-0.39, 0.29) is 6.61 Å². The summed E-state index contributed by atoms with van der Waals surface area (Å²) in [6, 6.07) is 12.6. The number of rotatable bonds is 3. The highest BCUT2D eigenvalue weighted by Gasteiger charge is 2.07. The molecule has 96 valence electrons. The molecule has 0 aliphatic carbocycles. The Bertz CT molecular complexity index is 724. The van der Waals surface area contributed by atoms with Crippen LogP contribution in [0.4, 0.5) is 5.69 Å². The predicted octanol–water partition coefficient (Wildman–Crippen LogP) is 3.64. The number of fused-ring (bicyclic) bond motifs is 1. The number of para-hydroxylation sites is 2. The number of hydrogen-bond donors (Lipinski definition) is 1. The van der Waals surface area contributed by atoms with Crippen molar-refractivity contribution in [1.82, 2.24) is 4.98 Å². The molecule has 0 bridgehead atoms. The second kappa shape index (κ2) is 4.82. The van der Waals surface area contributed by atoms with Gasteiger partial charge in [0, 0.05) is 5.02 Å². The molecule has 2 N–H and O–H groups in total. The number of benzene rings is 2. The molecule has 3 aromatic rings. The van der Waals surface area contributed by atoms with Crippen LogP contribution < -0.4 is 10.5 Å². The Morgan fingerprint density at radius 2 is 2.05 bits per heavy atom. The molecule has 2 aromatic carbocycles. The highest BCUT2D eigenvalue weighted by atomic mass is 35.5. The van der Waals surface area contributed by atoms with E-state index in [0.29, 0.717) is 33.4 Å². The normalized spacial score (nSPS) is 10.8. The van der Waals surface area contributed by atoms with Gasteiger partial charge in [0.25, 0.3) is 0 Å². The summed E-state index contributed by atoms with van der Waals surface area (Å²) >= 11 is 5.89. The van der Waals surface area contributed by atoms with Crippen molar-refractivity contribution in [3.63, 3.8) is 0 Å². The molecular formula is C14H11ClN2O2. The Balaban J connectivity index is 1.80. The van der Waals surface area contributed by atoms with Gasteiger partial charge in [0.15, 0.2) is 12.2 Å². The number of nitrogen functional groups attached to an aromatic ring is 1. The van der Waals surface area contributed by atoms with Gasteiger partial charge in [0.2, 0.25) is 5.89 Å². The number of ether oxygens (including phenoxy) is 1. The predicted molar refractivity (Wildman–Crippen MR) is 74.2 cm³/mol. The maximum Gasteiger partial charge on any atom is 0.233 e. The molecule has 0 saturated heterocycles. The number of hydrogen-bond acceptors (Lipinski definition) is 4. The molecule has 4 nitrogen and oxygen atoms in total. The number of oxazole rings is 1. The maximum absolute atomic E-state index is 5.89. The second-order valence-corrected chi connectivity index (χ2v) is 4.48. The summed E-state index contributed by atoms with van der Waals surface area (Å²) in [6.45, 7) is 0.223. The van der Waals surface area contributed by atoms with Gasteiger partial charge in [0.1, 0.15) is 11.3 Å². The molecule has 1 heterocycles. The van der Waals surface area contributed by atoms with Crippen molar-refractivity contribution in [3.8, 4) is 5.75 Å². The molecule has 0 spiro atoms. The van der Waals surface area contributed by atoms with Crippen LogP contribution >= 0.6 is 11.6 Å². The van der Waals surface area contributed by atoms with Crippen molar-refractivity contribution in [1.29, 1.82) is 0 Å². The van der Waals surface area contributed by atoms with E-state index in [9.17, 15) is 0 Å². The highest BCUT2D eigenvalue weighted by Crippen LogP contribution is 2.23. The number of aromatic nitrogens is 1. The zero-order chi connectivity index (χ0) is 13.2. The molecule has 1 aromatic heterocycles. The summed E-state index contributed by atoms with van der Waals surface area (Å²) in [7, 11) is 0. The van der Waals surface area contributed by atoms with Crippen molar-refractivity contribution >= 4 is 28.4 Å². The topological polar surface area (TPSA) is 61.3 Å². The number of halogens is 1. The first-order chi connectivity index (χ1) is 9.22. The van der Waals surface area contributed by atoms with Crippen LogP contribution in [0.3, 0.4) is 0 Å². The minimum Gasteiger partial charge on any atom is -0.482 e. The minimum absolute atomic E-state index is 0.223. The van der Waals surface area contributed by atoms with Gasteiger partial charge >= 0.3 is 0 Å². The van der Waals surface area contributed by atoms with Gasteiger partial charge in [-0.2, -0.15) is 0 Å². The maximum atomic E-state index is 5.89. The van der Waals surface area contributed by atoms with Gasteiger partial charge < -0.3 is 14.9 Å². The van der Waals surface area contributed by atoms with E-state index in [1.807, 2.05) is 12.1 Å². The van der Waals surface area contributed by atoms with E-state index in [1.165, 1.54) is 0 Å². The number of anilines is 1. The zero-order valence-corrected chi connectivity index (χ0v) is 10.7. The fraction of sp³-hybridized carbons (Fsp3) is 0.0714. The first kappa shape index (κ1) is 11.9. The van der Waals surface area contributed by atoms with E-state index in [1.54, 1.807) is 30.3 Å². The van der Waals surface area contributed by atoms with E-state index in [0.717, 1.165) is 0 Å². The summed E-state index contributed by atoms with van der Waals surface area (Å²) in [4.78, 5) is 4.30. The lowest BCUT2D eigenvalue weighted by Gasteiger charge is -2.05. The minimum atomic E-state index is 0.223. The third-order valence-corrected chi connectivity index (χ3v) is 2.90. The molecule has 0 aliphatic heterocycles. The first-order valence-corrected chi connectivity index (χ1v) is 6.12. The molecule has 3 rings (SSSR count). The Labute approximate surface area is 114 Å². The summed E-state index contributed by atoms with van der Waals surface area (Å²) in [5, 5.41) is 0.626. The molecule has 5 heteroatoms. The molecule has 19 heavy (non-hydrogen) atoms. The fourth-order valence-electron chi connectivity index (χ4n) is 1.76. The molecule has 0 unspecified atom stereocenters. The van der Waals surface area contributed by atoms with Gasteiger partial charge in [0.05, 0.1) is 5.69 Å². The zero-order valence-electron chi connectivity index (χ0n) is 9.97. The van der Waals surface area contributed by atoms with Crippen LogP contribution in [-0.2, 0) is 6.61 Å². The summed E-state index contributed by atoms with van der Waals surface area (Å²) in [5.74, 6) is 1.10. The average molecular weight is 275 g/mol. The third-order valence-electron chi connectivity index (χ3n) is 2.66. The monoisotopic (exact) mass is 274 g/mol. The lowest BCUT2D eigenvalue weighted by Crippen LogP contribution is -1.98. The largest absolute Gasteiger partial charge is 0.482 e. The van der Waals surface area contributed by atoms with Gasteiger partial charge in [-0.15, -0.1) is 0 Å². The Kier molecular flexibility index (Phi) is 3.01. The lowest BCUT2D eigenvalue weighted by atomic mass is 10.3. The Morgan fingerprint density at radius 1 is 1.21 bits per heavy atom. The first-order valence-electron chi connectivity index (χ1n) is 5.74. The van der Waals surface area contributed by atoms with Crippen molar-refractivity contribution < 1.29 is 9.15 Å². The standard InChI is InChI=1S/C14H11ClN2O2/c15-9-5-6-13-11(7-9)17-14(19-13)8-18-12-4-2-1-3-10(12)16/h1-7H,8,16H2. The molecular weight excluding hydrogens is 264 g/mol. The van der Waals surface area contributed by atoms with Gasteiger partial charge in [-0.1, -0.05) is 23.7 Å². The fourth-order valence-corrected chi connectivity index (χ4v) is 1.93. The number of nitrogens with zero attached hydrogens (tertiary/aromatic N) is 1. The van der Waals surface area contributed by atoms with Gasteiger partial charge in [-0.25, -0.2) is 4.98 Å². The molecule has 0 saturated carbocycles. The second-order valence-electron chi connectivity index (χ2n) is 4.05. The highest BCUT2D eigenvalue weighted by molar-refractivity contribution is 6.31. The van der Waals surface area contributed by atoms with Crippen LogP contribution in [-0.4, -0.2) is 4.98 Å². The van der Waals surface area contributed by atoms with Crippen molar-refractivity contribution in [2.75, 3.05) is 5.73 Å². The Hall–Kier alpha value is -2.20. The molecule has 0 radical (unpaired) electrons. The van der Waals surface area contributed by atoms with Crippen molar-refractivity contribution in [2.45, 2.75) is 6.61 Å². The van der Waals surface area contributed by atoms with E-state index in [2.05, 4.69) is 4.98 Å². The van der Waals surface area contributed by atoms with E-state index >= 15 is 0 Å². The Morgan fingerprint density at radius 3 is 2.89 bits per heavy atom. The lowest BCUT2D eigenvalue weighted by molar-refractivity contribution is 0.268. The average Bonchev–Trinajstić information content (AvgIpc) is 2.79. The van der Waals surface area contributed by atoms with Crippen LogP contribution in [0.25, 0.3) is 11.1 Å². The number of nitrogens with two attached hydrogens (primary N) is 1. The van der Waals surface area contributed by atoms with Crippen LogP contribution in [0, 0.1) is 0 Å². The smallest absolute Gasteiger partial charge is 0.233 e. The molecule has 0 atom stereocenters. The van der Waals surface area contributed by atoms with Crippen molar-refractivity contribution in [3.05, 3.63) is 53.4 Å². The molecule has 0 fully saturated rings. The van der Waals surface area contributed by atoms with Crippen LogP contribution in [0.5, 0.6) is 5.75 Å². The van der Waals surface area contributed by atoms with Crippen molar-refractivity contribution in [2.24, 2.45) is 0 Å². The quantitative estimate of drug-likeness (QED) is 0.741. The summed E-state index contributed by atoms with van der Waals surface area (Å²) in [5.41, 5.74) is 7.77. The molecule has 0 amide bonds. The van der Waals surface area contributed by atoms with E-state index in [4.69, 9.17) is 26.5 Å². The summed E-state index contributed by atoms with van der Waals surface area (Å²) < 4.78 is 11.1. The van der Waals surface area contributed by atoms with Crippen LogP contribution in [0.1, 0.15) is 5.89 Å². The van der Waals surface area contributed by atoms with Crippen LogP contribution in [0.2, 0.25) is 5.02 Å². The third kappa shape index (κ3) is 2.48. The molecule has 0 aliphatic rings. The SMILES string of the molecule is Nc1ccccc1OCc1nc2cc(Cl)ccc2o1. The van der Waals surface area contributed by atoms with E-state index < -0.39 is 0 Å². The summed E-state index contributed by atoms with van der Waals surface area (Å²) in [6.07, 6.45) is 0. The van der Waals surface area contributed by atoms with Crippen LogP contribution in [0.15, 0.2) is 46.9 Å². The van der Waals surface area contributed by atoms with Gasteiger partial charge in [-0.05, 0) is 30.3 Å². The van der Waals surface area contributed by atoms with Gasteiger partial charge in [-0.3, -0.25) is 0 Å².